The van der Waals surface area contributed by atoms with Gasteiger partial charge < -0.3 is 4.74 Å². The van der Waals surface area contributed by atoms with Gasteiger partial charge in [0.15, 0.2) is 0 Å². The van der Waals surface area contributed by atoms with E-state index in [9.17, 15) is 0 Å². The Morgan fingerprint density at radius 3 is 2.26 bits per heavy atom. The van der Waals surface area contributed by atoms with Gasteiger partial charge in [-0.3, -0.25) is 4.98 Å². The van der Waals surface area contributed by atoms with Crippen LogP contribution in [0.5, 0.6) is 5.75 Å². The number of nitrogens with zero attached hydrogens (tertiary/aromatic N) is 2. The van der Waals surface area contributed by atoms with Crippen LogP contribution in [0.4, 0.5) is 0 Å². The standard InChI is InChI=1S/C24H18N2O/c1-16-6-9-19(15-26-16)21-12-13-22-20(4-3-5-23(22)24(21)27-2)18-10-7-17(14-25)8-11-18/h3-13,15H,1-2H3. The molecule has 0 atom stereocenters. The molecular formula is C24H18N2O. The monoisotopic (exact) mass is 350 g/mol. The zero-order valence-corrected chi connectivity index (χ0v) is 15.2. The second-order valence-corrected chi connectivity index (χ2v) is 6.42. The van der Waals surface area contributed by atoms with Crippen molar-refractivity contribution in [2.24, 2.45) is 0 Å². The molecule has 3 aromatic carbocycles. The van der Waals surface area contributed by atoms with Crippen molar-refractivity contribution in [1.82, 2.24) is 4.98 Å². The van der Waals surface area contributed by atoms with E-state index in [0.717, 1.165) is 44.5 Å². The molecule has 0 amide bonds. The van der Waals surface area contributed by atoms with Gasteiger partial charge in [0, 0.05) is 28.4 Å². The summed E-state index contributed by atoms with van der Waals surface area (Å²) in [5.74, 6) is 0.841. The van der Waals surface area contributed by atoms with Gasteiger partial charge in [-0.2, -0.15) is 5.26 Å². The average Bonchev–Trinajstić information content (AvgIpc) is 2.73. The highest BCUT2D eigenvalue weighted by Crippen LogP contribution is 2.40. The van der Waals surface area contributed by atoms with E-state index in [1.54, 1.807) is 7.11 Å². The second kappa shape index (κ2) is 6.93. The maximum Gasteiger partial charge on any atom is 0.134 e. The number of fused-ring (bicyclic) bond motifs is 1. The summed E-state index contributed by atoms with van der Waals surface area (Å²) in [6.45, 7) is 1.98. The molecule has 130 valence electrons. The molecule has 0 spiro atoms. The minimum atomic E-state index is 0.658. The van der Waals surface area contributed by atoms with Crippen LogP contribution in [0.15, 0.2) is 72.9 Å². The molecule has 3 nitrogen and oxygen atoms in total. The molecule has 4 rings (SSSR count). The molecule has 27 heavy (non-hydrogen) atoms. The first-order valence-corrected chi connectivity index (χ1v) is 8.74. The first-order chi connectivity index (χ1) is 13.2. The van der Waals surface area contributed by atoms with E-state index in [-0.39, 0.29) is 0 Å². The number of nitriles is 1. The van der Waals surface area contributed by atoms with Crippen molar-refractivity contribution in [3.63, 3.8) is 0 Å². The van der Waals surface area contributed by atoms with Crippen molar-refractivity contribution < 1.29 is 4.74 Å². The van der Waals surface area contributed by atoms with Gasteiger partial charge >= 0.3 is 0 Å². The van der Waals surface area contributed by atoms with Crippen molar-refractivity contribution in [2.45, 2.75) is 6.92 Å². The third-order valence-electron chi connectivity index (χ3n) is 4.76. The minimum absolute atomic E-state index is 0.658. The summed E-state index contributed by atoms with van der Waals surface area (Å²) in [4.78, 5) is 4.41. The zero-order valence-electron chi connectivity index (χ0n) is 15.2. The second-order valence-electron chi connectivity index (χ2n) is 6.42. The number of aryl methyl sites for hydroxylation is 1. The molecule has 0 radical (unpaired) electrons. The Hall–Kier alpha value is -3.64. The fourth-order valence-corrected chi connectivity index (χ4v) is 3.38. The van der Waals surface area contributed by atoms with Crippen LogP contribution in [0, 0.1) is 18.3 Å². The lowest BCUT2D eigenvalue weighted by molar-refractivity contribution is 0.421. The van der Waals surface area contributed by atoms with Gasteiger partial charge in [0.05, 0.1) is 18.7 Å². The molecule has 0 unspecified atom stereocenters. The van der Waals surface area contributed by atoms with Crippen molar-refractivity contribution >= 4 is 10.8 Å². The Bertz CT molecular complexity index is 1150. The molecule has 1 aromatic heterocycles. The first-order valence-electron chi connectivity index (χ1n) is 8.74. The van der Waals surface area contributed by atoms with Crippen LogP contribution in [0.3, 0.4) is 0 Å². The maximum atomic E-state index is 9.02. The Morgan fingerprint density at radius 2 is 1.59 bits per heavy atom. The molecule has 0 aliphatic heterocycles. The SMILES string of the molecule is COc1c(-c2ccc(C)nc2)ccc2c(-c3ccc(C#N)cc3)cccc12. The van der Waals surface area contributed by atoms with Crippen LogP contribution >= 0.6 is 0 Å². The molecule has 0 aliphatic rings. The first kappa shape index (κ1) is 16.8. The van der Waals surface area contributed by atoms with Gasteiger partial charge in [0.1, 0.15) is 5.75 Å². The van der Waals surface area contributed by atoms with Gasteiger partial charge in [0.2, 0.25) is 0 Å². The van der Waals surface area contributed by atoms with Gasteiger partial charge in [-0.15, -0.1) is 0 Å². The number of rotatable bonds is 3. The highest BCUT2D eigenvalue weighted by molar-refractivity contribution is 6.03. The quantitative estimate of drug-likeness (QED) is 0.472. The lowest BCUT2D eigenvalue weighted by atomic mass is 9.94. The summed E-state index contributed by atoms with van der Waals surface area (Å²) in [5, 5.41) is 11.2. The fourth-order valence-electron chi connectivity index (χ4n) is 3.38. The number of pyridine rings is 1. The lowest BCUT2D eigenvalue weighted by Crippen LogP contribution is -1.92. The van der Waals surface area contributed by atoms with E-state index in [4.69, 9.17) is 10.00 Å². The predicted octanol–water partition coefficient (Wildman–Crippen LogP) is 5.76. The molecule has 3 heteroatoms. The van der Waals surface area contributed by atoms with Crippen molar-refractivity contribution in [3.05, 3.63) is 84.2 Å². The molecule has 0 saturated carbocycles. The topological polar surface area (TPSA) is 45.9 Å². The Morgan fingerprint density at radius 1 is 0.815 bits per heavy atom. The van der Waals surface area contributed by atoms with Gasteiger partial charge in [-0.25, -0.2) is 0 Å². The third-order valence-corrected chi connectivity index (χ3v) is 4.76. The van der Waals surface area contributed by atoms with Crippen LogP contribution in [0.2, 0.25) is 0 Å². The van der Waals surface area contributed by atoms with E-state index in [2.05, 4.69) is 41.4 Å². The molecule has 4 aromatic rings. The van der Waals surface area contributed by atoms with Crippen molar-refractivity contribution in [3.8, 4) is 34.1 Å². The van der Waals surface area contributed by atoms with Crippen LogP contribution in [-0.2, 0) is 0 Å². The number of ether oxygens (including phenoxy) is 1. The molecule has 0 saturated heterocycles. The Kier molecular flexibility index (Phi) is 4.32. The summed E-state index contributed by atoms with van der Waals surface area (Å²) in [5.41, 5.74) is 5.89. The van der Waals surface area contributed by atoms with E-state index >= 15 is 0 Å². The van der Waals surface area contributed by atoms with Gasteiger partial charge in [-0.05, 0) is 47.7 Å². The van der Waals surface area contributed by atoms with Crippen LogP contribution < -0.4 is 4.74 Å². The van der Waals surface area contributed by atoms with Crippen LogP contribution in [-0.4, -0.2) is 12.1 Å². The van der Waals surface area contributed by atoms with Crippen LogP contribution in [0.25, 0.3) is 33.0 Å². The highest BCUT2D eigenvalue weighted by Gasteiger charge is 2.13. The Labute approximate surface area is 158 Å². The summed E-state index contributed by atoms with van der Waals surface area (Å²) in [6.07, 6.45) is 1.88. The number of aromatic nitrogens is 1. The fraction of sp³-hybridized carbons (Fsp3) is 0.0833. The number of benzene rings is 3. The Balaban J connectivity index is 1.92. The molecule has 0 aliphatic carbocycles. The summed E-state index contributed by atoms with van der Waals surface area (Å²) in [7, 11) is 1.70. The van der Waals surface area contributed by atoms with Crippen LogP contribution in [0.1, 0.15) is 11.3 Å². The predicted molar refractivity (Wildman–Crippen MR) is 109 cm³/mol. The summed E-state index contributed by atoms with van der Waals surface area (Å²) in [6, 6.07) is 24.3. The van der Waals surface area contributed by atoms with E-state index in [1.807, 2.05) is 49.5 Å². The molecule has 1 heterocycles. The normalized spacial score (nSPS) is 10.6. The van der Waals surface area contributed by atoms with Crippen molar-refractivity contribution in [1.29, 1.82) is 5.26 Å². The maximum absolute atomic E-state index is 9.02. The molecule has 0 fully saturated rings. The molecular weight excluding hydrogens is 332 g/mol. The minimum Gasteiger partial charge on any atom is -0.495 e. The highest BCUT2D eigenvalue weighted by atomic mass is 16.5. The van der Waals surface area contributed by atoms with Gasteiger partial charge in [-0.1, -0.05) is 42.5 Å². The summed E-state index contributed by atoms with van der Waals surface area (Å²) >= 11 is 0. The average molecular weight is 350 g/mol. The smallest absolute Gasteiger partial charge is 0.134 e. The van der Waals surface area contributed by atoms with E-state index in [0.29, 0.717) is 5.56 Å². The van der Waals surface area contributed by atoms with Crippen molar-refractivity contribution in [2.75, 3.05) is 7.11 Å². The largest absolute Gasteiger partial charge is 0.495 e. The van der Waals surface area contributed by atoms with E-state index in [1.165, 1.54) is 0 Å². The third kappa shape index (κ3) is 3.02. The molecule has 0 bridgehead atoms. The number of hydrogen-bond acceptors (Lipinski definition) is 3. The lowest BCUT2D eigenvalue weighted by Gasteiger charge is -2.14. The molecule has 0 N–H and O–H groups in total. The zero-order chi connectivity index (χ0) is 18.8. The number of hydrogen-bond donors (Lipinski definition) is 0. The van der Waals surface area contributed by atoms with E-state index < -0.39 is 0 Å². The summed E-state index contributed by atoms with van der Waals surface area (Å²) < 4.78 is 5.80. The number of methoxy groups -OCH3 is 1. The van der Waals surface area contributed by atoms with Gasteiger partial charge in [0.25, 0.3) is 0 Å².